The number of hydrogen-bond acceptors (Lipinski definition) is 4. The van der Waals surface area contributed by atoms with Gasteiger partial charge in [0, 0.05) is 22.4 Å². The van der Waals surface area contributed by atoms with Crippen LogP contribution in [0.4, 0.5) is 5.69 Å². The number of hydrogen-bond donors (Lipinski definition) is 3. The van der Waals surface area contributed by atoms with E-state index in [9.17, 15) is 14.7 Å². The molecule has 0 aliphatic rings. The Bertz CT molecular complexity index is 1090. The van der Waals surface area contributed by atoms with Crippen molar-refractivity contribution in [2.75, 3.05) is 5.32 Å². The standard InChI is InChI=1S/C24H21N3O3/c1-2-8-17-11-6-13-20(22(17)28)16-25-27-24(30)19-12-7-14-21(15-19)26-23(29)18-9-4-3-5-10-18/h2-7,9-16,28H,1,8H2,(H,26,29)(H,27,30). The van der Waals surface area contributed by atoms with Crippen molar-refractivity contribution >= 4 is 23.7 Å². The van der Waals surface area contributed by atoms with Crippen LogP contribution in [0.25, 0.3) is 0 Å². The maximum absolute atomic E-state index is 12.4. The molecule has 0 heterocycles. The van der Waals surface area contributed by atoms with Crippen LogP contribution in [0.15, 0.2) is 90.6 Å². The van der Waals surface area contributed by atoms with Crippen molar-refractivity contribution in [3.8, 4) is 5.75 Å². The Morgan fingerprint density at radius 3 is 2.43 bits per heavy atom. The van der Waals surface area contributed by atoms with Gasteiger partial charge in [-0.05, 0) is 48.4 Å². The van der Waals surface area contributed by atoms with Gasteiger partial charge in [0.2, 0.25) is 0 Å². The molecule has 3 aromatic carbocycles. The second-order valence-electron chi connectivity index (χ2n) is 6.45. The predicted octanol–water partition coefficient (Wildman–Crippen LogP) is 4.14. The minimum absolute atomic E-state index is 0.0982. The van der Waals surface area contributed by atoms with Crippen LogP contribution in [0, 0.1) is 0 Å². The number of allylic oxidation sites excluding steroid dienone is 1. The summed E-state index contributed by atoms with van der Waals surface area (Å²) >= 11 is 0. The van der Waals surface area contributed by atoms with E-state index in [1.54, 1.807) is 72.8 Å². The summed E-state index contributed by atoms with van der Waals surface area (Å²) in [5.74, 6) is -0.606. The summed E-state index contributed by atoms with van der Waals surface area (Å²) in [6.45, 7) is 3.66. The number of carbonyl (C=O) groups is 2. The largest absolute Gasteiger partial charge is 0.507 e. The Balaban J connectivity index is 1.66. The van der Waals surface area contributed by atoms with E-state index in [0.717, 1.165) is 5.56 Å². The molecule has 0 saturated heterocycles. The summed E-state index contributed by atoms with van der Waals surface area (Å²) in [7, 11) is 0. The van der Waals surface area contributed by atoms with Crippen LogP contribution in [-0.4, -0.2) is 23.1 Å². The molecule has 3 aromatic rings. The molecule has 0 aromatic heterocycles. The Hall–Kier alpha value is -4.19. The van der Waals surface area contributed by atoms with Gasteiger partial charge in [-0.1, -0.05) is 42.5 Å². The highest BCUT2D eigenvalue weighted by Gasteiger charge is 2.09. The first kappa shape index (κ1) is 20.5. The third-order valence-electron chi connectivity index (χ3n) is 4.30. The molecule has 0 unspecified atom stereocenters. The van der Waals surface area contributed by atoms with Crippen molar-refractivity contribution in [1.29, 1.82) is 0 Å². The predicted molar refractivity (Wildman–Crippen MR) is 118 cm³/mol. The summed E-state index contributed by atoms with van der Waals surface area (Å²) in [6, 6.07) is 20.6. The topological polar surface area (TPSA) is 90.8 Å². The van der Waals surface area contributed by atoms with Crippen molar-refractivity contribution in [3.63, 3.8) is 0 Å². The van der Waals surface area contributed by atoms with Gasteiger partial charge in [-0.2, -0.15) is 5.10 Å². The molecule has 0 fully saturated rings. The highest BCUT2D eigenvalue weighted by atomic mass is 16.3. The molecule has 0 saturated carbocycles. The molecule has 3 rings (SSSR count). The molecule has 0 aliphatic heterocycles. The lowest BCUT2D eigenvalue weighted by molar-refractivity contribution is 0.0953. The van der Waals surface area contributed by atoms with Gasteiger partial charge in [-0.15, -0.1) is 6.58 Å². The second kappa shape index (κ2) is 9.84. The fourth-order valence-corrected chi connectivity index (χ4v) is 2.79. The lowest BCUT2D eigenvalue weighted by Gasteiger charge is -2.07. The van der Waals surface area contributed by atoms with Crippen LogP contribution in [-0.2, 0) is 6.42 Å². The van der Waals surface area contributed by atoms with Gasteiger partial charge in [0.1, 0.15) is 5.75 Å². The average Bonchev–Trinajstić information content (AvgIpc) is 2.77. The maximum atomic E-state index is 12.4. The monoisotopic (exact) mass is 399 g/mol. The van der Waals surface area contributed by atoms with Crippen LogP contribution >= 0.6 is 0 Å². The molecular formula is C24H21N3O3. The van der Waals surface area contributed by atoms with E-state index in [2.05, 4.69) is 22.4 Å². The Morgan fingerprint density at radius 2 is 1.67 bits per heavy atom. The molecule has 2 amide bonds. The molecule has 0 spiro atoms. The lowest BCUT2D eigenvalue weighted by Crippen LogP contribution is -2.18. The molecule has 30 heavy (non-hydrogen) atoms. The van der Waals surface area contributed by atoms with Crippen LogP contribution in [0.3, 0.4) is 0 Å². The molecule has 0 bridgehead atoms. The number of para-hydroxylation sites is 1. The third-order valence-corrected chi connectivity index (χ3v) is 4.30. The minimum atomic E-state index is -0.441. The van der Waals surface area contributed by atoms with Gasteiger partial charge < -0.3 is 10.4 Å². The van der Waals surface area contributed by atoms with Crippen molar-refractivity contribution in [2.24, 2.45) is 5.10 Å². The number of phenolic OH excluding ortho intramolecular Hbond substituents is 1. The number of amides is 2. The summed E-state index contributed by atoms with van der Waals surface area (Å²) in [5.41, 5.74) is 4.99. The van der Waals surface area contributed by atoms with Gasteiger partial charge >= 0.3 is 0 Å². The van der Waals surface area contributed by atoms with E-state index in [1.165, 1.54) is 6.21 Å². The van der Waals surface area contributed by atoms with Crippen molar-refractivity contribution < 1.29 is 14.7 Å². The van der Waals surface area contributed by atoms with Crippen molar-refractivity contribution in [1.82, 2.24) is 5.43 Å². The number of nitrogens with zero attached hydrogens (tertiary/aromatic N) is 1. The van der Waals surface area contributed by atoms with Gasteiger partial charge in [0.25, 0.3) is 11.8 Å². The Morgan fingerprint density at radius 1 is 0.933 bits per heavy atom. The molecule has 150 valence electrons. The Labute approximate surface area is 174 Å². The number of hydrazone groups is 1. The van der Waals surface area contributed by atoms with Gasteiger partial charge in [0.05, 0.1) is 6.21 Å². The highest BCUT2D eigenvalue weighted by Crippen LogP contribution is 2.21. The van der Waals surface area contributed by atoms with Crippen LogP contribution in [0.5, 0.6) is 5.75 Å². The molecule has 6 heteroatoms. The van der Waals surface area contributed by atoms with E-state index in [-0.39, 0.29) is 11.7 Å². The van der Waals surface area contributed by atoms with Crippen molar-refractivity contribution in [3.05, 3.63) is 108 Å². The van der Waals surface area contributed by atoms with E-state index < -0.39 is 5.91 Å². The molecule has 3 N–H and O–H groups in total. The summed E-state index contributed by atoms with van der Waals surface area (Å²) in [4.78, 5) is 24.6. The smallest absolute Gasteiger partial charge is 0.271 e. The first-order valence-corrected chi connectivity index (χ1v) is 9.30. The molecule has 0 atom stereocenters. The normalized spacial score (nSPS) is 10.5. The zero-order valence-electron chi connectivity index (χ0n) is 16.2. The molecule has 6 nitrogen and oxygen atoms in total. The molecule has 0 radical (unpaired) electrons. The zero-order valence-corrected chi connectivity index (χ0v) is 16.2. The number of rotatable bonds is 7. The minimum Gasteiger partial charge on any atom is -0.507 e. The third kappa shape index (κ3) is 5.20. The van der Waals surface area contributed by atoms with E-state index in [4.69, 9.17) is 0 Å². The van der Waals surface area contributed by atoms with Crippen LogP contribution in [0.2, 0.25) is 0 Å². The Kier molecular flexibility index (Phi) is 6.74. The highest BCUT2D eigenvalue weighted by molar-refractivity contribution is 6.05. The van der Waals surface area contributed by atoms with Gasteiger partial charge in [0.15, 0.2) is 0 Å². The van der Waals surface area contributed by atoms with Crippen LogP contribution < -0.4 is 10.7 Å². The lowest BCUT2D eigenvalue weighted by atomic mass is 10.1. The zero-order chi connectivity index (χ0) is 21.3. The van der Waals surface area contributed by atoms with Gasteiger partial charge in [-0.25, -0.2) is 5.43 Å². The maximum Gasteiger partial charge on any atom is 0.271 e. The summed E-state index contributed by atoms with van der Waals surface area (Å²) in [6.07, 6.45) is 3.60. The number of carbonyl (C=O) groups excluding carboxylic acids is 2. The quantitative estimate of drug-likeness (QED) is 0.317. The second-order valence-corrected chi connectivity index (χ2v) is 6.45. The van der Waals surface area contributed by atoms with Crippen molar-refractivity contribution in [2.45, 2.75) is 6.42 Å². The fourth-order valence-electron chi connectivity index (χ4n) is 2.79. The SMILES string of the molecule is C=CCc1cccc(C=NNC(=O)c2cccc(NC(=O)c3ccccc3)c2)c1O. The first-order valence-electron chi connectivity index (χ1n) is 9.30. The molecular weight excluding hydrogens is 378 g/mol. The van der Waals surface area contributed by atoms with E-state index in [0.29, 0.717) is 28.8 Å². The van der Waals surface area contributed by atoms with Gasteiger partial charge in [-0.3, -0.25) is 9.59 Å². The first-order chi connectivity index (χ1) is 14.6. The number of nitrogens with one attached hydrogen (secondary N) is 2. The number of anilines is 1. The summed E-state index contributed by atoms with van der Waals surface area (Å²) in [5, 5.41) is 16.9. The van der Waals surface area contributed by atoms with E-state index >= 15 is 0 Å². The number of phenols is 1. The molecule has 0 aliphatic carbocycles. The summed E-state index contributed by atoms with van der Waals surface area (Å²) < 4.78 is 0. The average molecular weight is 399 g/mol. The fraction of sp³-hybridized carbons (Fsp3) is 0.0417. The number of aromatic hydroxyl groups is 1. The van der Waals surface area contributed by atoms with E-state index in [1.807, 2.05) is 6.07 Å². The van der Waals surface area contributed by atoms with Crippen LogP contribution in [0.1, 0.15) is 31.8 Å². The number of benzene rings is 3.